The SMILES string of the molecule is COc1ccc(/C=C(\C#N)C/C=C/[Si](C)(C)C)cc1OC. The topological polar surface area (TPSA) is 42.2 Å². The standard InChI is InChI=1S/C17H23NO2Si/c1-19-16-9-8-14(12-17(16)20-2)11-15(13-18)7-6-10-21(3,4)5/h6,8-12H,7H2,1-5H3/b10-6+,15-11-. The lowest BCUT2D eigenvalue weighted by Crippen LogP contribution is -2.15. The molecule has 0 aromatic heterocycles. The summed E-state index contributed by atoms with van der Waals surface area (Å²) in [5, 5.41) is 9.25. The summed E-state index contributed by atoms with van der Waals surface area (Å²) in [5.41, 5.74) is 3.93. The number of nitriles is 1. The van der Waals surface area contributed by atoms with Crippen molar-refractivity contribution >= 4 is 14.1 Å². The van der Waals surface area contributed by atoms with Gasteiger partial charge < -0.3 is 9.47 Å². The van der Waals surface area contributed by atoms with Crippen LogP contribution in [0.5, 0.6) is 11.5 Å². The molecular weight excluding hydrogens is 278 g/mol. The van der Waals surface area contributed by atoms with Gasteiger partial charge in [0.2, 0.25) is 0 Å². The maximum absolute atomic E-state index is 9.25. The molecule has 0 N–H and O–H groups in total. The molecule has 1 rings (SSSR count). The molecule has 0 spiro atoms. The first kappa shape index (κ1) is 17.1. The van der Waals surface area contributed by atoms with Crippen LogP contribution in [-0.2, 0) is 0 Å². The van der Waals surface area contributed by atoms with Crippen molar-refractivity contribution in [2.75, 3.05) is 14.2 Å². The van der Waals surface area contributed by atoms with Gasteiger partial charge in [-0.3, -0.25) is 0 Å². The van der Waals surface area contributed by atoms with Crippen molar-refractivity contribution in [3.8, 4) is 17.6 Å². The van der Waals surface area contributed by atoms with Crippen LogP contribution >= 0.6 is 0 Å². The largest absolute Gasteiger partial charge is 0.493 e. The Labute approximate surface area is 128 Å². The molecule has 0 aliphatic heterocycles. The summed E-state index contributed by atoms with van der Waals surface area (Å²) in [4.78, 5) is 0. The van der Waals surface area contributed by atoms with Gasteiger partial charge in [-0.25, -0.2) is 0 Å². The Kier molecular flexibility index (Phi) is 6.26. The van der Waals surface area contributed by atoms with Crippen LogP contribution in [0.25, 0.3) is 6.08 Å². The minimum absolute atomic E-state index is 0.662. The molecule has 0 amide bonds. The fourth-order valence-corrected chi connectivity index (χ4v) is 2.65. The number of allylic oxidation sites excluding steroid dienone is 2. The van der Waals surface area contributed by atoms with Crippen LogP contribution in [-0.4, -0.2) is 22.3 Å². The van der Waals surface area contributed by atoms with E-state index in [1.165, 1.54) is 0 Å². The number of benzene rings is 1. The summed E-state index contributed by atoms with van der Waals surface area (Å²) in [7, 11) is 2.00. The van der Waals surface area contributed by atoms with Gasteiger partial charge in [0, 0.05) is 12.0 Å². The lowest BCUT2D eigenvalue weighted by molar-refractivity contribution is 0.355. The van der Waals surface area contributed by atoms with Gasteiger partial charge in [-0.15, -0.1) is 0 Å². The van der Waals surface area contributed by atoms with Crippen molar-refractivity contribution in [1.82, 2.24) is 0 Å². The third kappa shape index (κ3) is 5.88. The van der Waals surface area contributed by atoms with E-state index >= 15 is 0 Å². The number of hydrogen-bond donors (Lipinski definition) is 0. The Bertz CT molecular complexity index is 577. The molecule has 0 radical (unpaired) electrons. The molecule has 0 heterocycles. The Balaban J connectivity index is 2.94. The molecular formula is C17H23NO2Si. The summed E-state index contributed by atoms with van der Waals surface area (Å²) < 4.78 is 10.5. The highest BCUT2D eigenvalue weighted by molar-refractivity contribution is 6.80. The molecule has 0 saturated heterocycles. The monoisotopic (exact) mass is 301 g/mol. The Hall–Kier alpha value is -1.99. The van der Waals surface area contributed by atoms with Crippen LogP contribution in [0.4, 0.5) is 0 Å². The number of ether oxygens (including phenoxy) is 2. The molecule has 0 aliphatic carbocycles. The normalized spacial score (nSPS) is 12.3. The molecule has 0 unspecified atom stereocenters. The molecule has 112 valence electrons. The zero-order valence-electron chi connectivity index (χ0n) is 13.4. The molecule has 0 fully saturated rings. The number of rotatable bonds is 6. The van der Waals surface area contributed by atoms with Crippen molar-refractivity contribution in [2.45, 2.75) is 26.1 Å². The zero-order valence-corrected chi connectivity index (χ0v) is 14.4. The van der Waals surface area contributed by atoms with Gasteiger partial charge in [0.15, 0.2) is 11.5 Å². The van der Waals surface area contributed by atoms with Crippen molar-refractivity contribution < 1.29 is 9.47 Å². The second-order valence-electron chi connectivity index (χ2n) is 5.87. The maximum Gasteiger partial charge on any atom is 0.161 e. The highest BCUT2D eigenvalue weighted by atomic mass is 28.3. The van der Waals surface area contributed by atoms with Gasteiger partial charge in [0.05, 0.1) is 28.4 Å². The lowest BCUT2D eigenvalue weighted by atomic mass is 10.1. The van der Waals surface area contributed by atoms with Gasteiger partial charge in [0.25, 0.3) is 0 Å². The van der Waals surface area contributed by atoms with Gasteiger partial charge in [0.1, 0.15) is 0 Å². The average molecular weight is 301 g/mol. The van der Waals surface area contributed by atoms with Gasteiger partial charge in [-0.2, -0.15) is 5.26 Å². The van der Waals surface area contributed by atoms with Crippen LogP contribution in [0.2, 0.25) is 19.6 Å². The van der Waals surface area contributed by atoms with Gasteiger partial charge in [-0.05, 0) is 23.8 Å². The summed E-state index contributed by atoms with van der Waals surface area (Å²) in [6.45, 7) is 6.81. The fraction of sp³-hybridized carbons (Fsp3) is 0.353. The minimum Gasteiger partial charge on any atom is -0.493 e. The molecule has 21 heavy (non-hydrogen) atoms. The predicted molar refractivity (Wildman–Crippen MR) is 90.2 cm³/mol. The molecule has 1 aromatic carbocycles. The maximum atomic E-state index is 9.25. The van der Waals surface area contributed by atoms with E-state index < -0.39 is 8.07 Å². The first-order valence-electron chi connectivity index (χ1n) is 6.90. The Morgan fingerprint density at radius 3 is 2.38 bits per heavy atom. The van der Waals surface area contributed by atoms with Crippen molar-refractivity contribution in [1.29, 1.82) is 5.26 Å². The molecule has 0 aliphatic rings. The third-order valence-corrected chi connectivity index (χ3v) is 4.08. The Morgan fingerprint density at radius 1 is 1.19 bits per heavy atom. The van der Waals surface area contributed by atoms with Crippen LogP contribution in [0, 0.1) is 11.3 Å². The quantitative estimate of drug-likeness (QED) is 0.576. The van der Waals surface area contributed by atoms with Crippen molar-refractivity contribution in [2.24, 2.45) is 0 Å². The average Bonchev–Trinajstić information content (AvgIpc) is 2.44. The summed E-state index contributed by atoms with van der Waals surface area (Å²) in [6, 6.07) is 7.89. The first-order valence-corrected chi connectivity index (χ1v) is 10.5. The summed E-state index contributed by atoms with van der Waals surface area (Å²) >= 11 is 0. The van der Waals surface area contributed by atoms with Gasteiger partial charge in [-0.1, -0.05) is 37.5 Å². The van der Waals surface area contributed by atoms with E-state index in [0.717, 1.165) is 11.1 Å². The molecule has 0 saturated carbocycles. The van der Waals surface area contributed by atoms with Crippen LogP contribution in [0.15, 0.2) is 35.5 Å². The number of nitrogens with zero attached hydrogens (tertiary/aromatic N) is 1. The van der Waals surface area contributed by atoms with Crippen LogP contribution in [0.1, 0.15) is 12.0 Å². The molecule has 3 nitrogen and oxygen atoms in total. The van der Waals surface area contributed by atoms with E-state index in [9.17, 15) is 5.26 Å². The third-order valence-electron chi connectivity index (χ3n) is 2.85. The van der Waals surface area contributed by atoms with Crippen molar-refractivity contribution in [3.63, 3.8) is 0 Å². The smallest absolute Gasteiger partial charge is 0.161 e. The summed E-state index contributed by atoms with van der Waals surface area (Å²) in [6.07, 6.45) is 4.65. The zero-order chi connectivity index (χ0) is 15.9. The second-order valence-corrected chi connectivity index (χ2v) is 10.9. The number of methoxy groups -OCH3 is 2. The van der Waals surface area contributed by atoms with E-state index in [2.05, 4.69) is 37.5 Å². The summed E-state index contributed by atoms with van der Waals surface area (Å²) in [5.74, 6) is 1.35. The number of hydrogen-bond acceptors (Lipinski definition) is 3. The van der Waals surface area contributed by atoms with E-state index in [1.54, 1.807) is 14.2 Å². The van der Waals surface area contributed by atoms with E-state index in [4.69, 9.17) is 9.47 Å². The fourth-order valence-electron chi connectivity index (χ4n) is 1.82. The first-order chi connectivity index (χ1) is 9.89. The highest BCUT2D eigenvalue weighted by Crippen LogP contribution is 2.28. The van der Waals surface area contributed by atoms with E-state index in [0.29, 0.717) is 17.9 Å². The molecule has 0 atom stereocenters. The molecule has 0 bridgehead atoms. The molecule has 1 aromatic rings. The van der Waals surface area contributed by atoms with Crippen molar-refractivity contribution in [3.05, 3.63) is 41.1 Å². The Morgan fingerprint density at radius 2 is 1.86 bits per heavy atom. The minimum atomic E-state index is -1.21. The highest BCUT2D eigenvalue weighted by Gasteiger charge is 2.07. The van der Waals surface area contributed by atoms with Crippen LogP contribution < -0.4 is 9.47 Å². The van der Waals surface area contributed by atoms with E-state index in [-0.39, 0.29) is 0 Å². The molecule has 4 heteroatoms. The van der Waals surface area contributed by atoms with E-state index in [1.807, 2.05) is 24.3 Å². The van der Waals surface area contributed by atoms with Gasteiger partial charge >= 0.3 is 0 Å². The lowest BCUT2D eigenvalue weighted by Gasteiger charge is -2.08. The predicted octanol–water partition coefficient (Wildman–Crippen LogP) is 4.43. The second kappa shape index (κ2) is 7.70. The van der Waals surface area contributed by atoms with Crippen LogP contribution in [0.3, 0.4) is 0 Å².